The van der Waals surface area contributed by atoms with Crippen molar-refractivity contribution >= 4 is 5.78 Å². The van der Waals surface area contributed by atoms with Crippen molar-refractivity contribution in [3.63, 3.8) is 0 Å². The maximum Gasteiger partial charge on any atom is 0.258 e. The Kier molecular flexibility index (Phi) is 6.15. The van der Waals surface area contributed by atoms with Crippen molar-refractivity contribution in [2.75, 3.05) is 20.8 Å². The average molecular weight is 276 g/mol. The molecule has 1 unspecified atom stereocenters. The number of rotatable bonds is 5. The summed E-state index contributed by atoms with van der Waals surface area (Å²) in [6, 6.07) is 0. The topological polar surface area (TPSA) is 44.8 Å². The number of hydrogen-bond donors (Lipinski definition) is 0. The number of carbonyl (C=O) groups is 1. The summed E-state index contributed by atoms with van der Waals surface area (Å²) in [7, 11) is 2.89. The molecule has 0 spiro atoms. The smallest absolute Gasteiger partial charge is 0.258 e. The lowest BCUT2D eigenvalue weighted by Gasteiger charge is -2.36. The number of ether oxygens (including phenoxy) is 3. The Hall–Kier alpha value is -1.91. The zero-order chi connectivity index (χ0) is 15.0. The molecule has 0 amide bonds. The fourth-order valence-corrected chi connectivity index (χ4v) is 1.79. The minimum absolute atomic E-state index is 0.133. The molecule has 0 aliphatic heterocycles. The van der Waals surface area contributed by atoms with Crippen LogP contribution in [0.5, 0.6) is 0 Å². The molecule has 4 heteroatoms. The van der Waals surface area contributed by atoms with E-state index in [9.17, 15) is 4.79 Å². The quantitative estimate of drug-likeness (QED) is 0.721. The first-order valence-corrected chi connectivity index (χ1v) is 6.65. The summed E-state index contributed by atoms with van der Waals surface area (Å²) in [5.41, 5.74) is -1.35. The van der Waals surface area contributed by atoms with E-state index in [0.29, 0.717) is 12.2 Å². The maximum absolute atomic E-state index is 12.2. The molecule has 0 saturated carbocycles. The number of ketones is 1. The molecule has 0 aromatic heterocycles. The Morgan fingerprint density at radius 1 is 1.10 bits per heavy atom. The first-order valence-electron chi connectivity index (χ1n) is 6.65. The molecule has 1 rings (SSSR count). The van der Waals surface area contributed by atoms with Crippen molar-refractivity contribution < 1.29 is 19.0 Å². The second kappa shape index (κ2) is 7.62. The second-order valence-corrected chi connectivity index (χ2v) is 4.12. The number of unbranched alkanes of at least 4 members (excludes halogenated alkanes) is 1. The van der Waals surface area contributed by atoms with E-state index >= 15 is 0 Å². The summed E-state index contributed by atoms with van der Waals surface area (Å²) < 4.78 is 15.8. The van der Waals surface area contributed by atoms with Gasteiger partial charge in [-0.3, -0.25) is 4.79 Å². The van der Waals surface area contributed by atoms with Crippen LogP contribution in [-0.4, -0.2) is 32.2 Å². The summed E-state index contributed by atoms with van der Waals surface area (Å²) in [4.78, 5) is 12.2. The highest BCUT2D eigenvalue weighted by atomic mass is 16.6. The minimum atomic E-state index is -1.35. The van der Waals surface area contributed by atoms with Gasteiger partial charge in [0.15, 0.2) is 5.76 Å². The van der Waals surface area contributed by atoms with Gasteiger partial charge in [-0.25, -0.2) is 0 Å². The zero-order valence-electron chi connectivity index (χ0n) is 12.5. The Balaban J connectivity index is 2.94. The van der Waals surface area contributed by atoms with Crippen LogP contribution in [0.3, 0.4) is 0 Å². The number of carbonyl (C=O) groups excluding carboxylic acids is 1. The van der Waals surface area contributed by atoms with E-state index < -0.39 is 5.60 Å². The Labute approximate surface area is 120 Å². The molecular weight excluding hydrogens is 256 g/mol. The molecule has 0 saturated heterocycles. The van der Waals surface area contributed by atoms with Gasteiger partial charge in [-0.1, -0.05) is 31.6 Å². The van der Waals surface area contributed by atoms with Gasteiger partial charge in [0.25, 0.3) is 11.4 Å². The lowest BCUT2D eigenvalue weighted by Crippen LogP contribution is -2.53. The van der Waals surface area contributed by atoms with Crippen LogP contribution in [0.1, 0.15) is 33.1 Å². The monoisotopic (exact) mass is 276 g/mol. The highest BCUT2D eigenvalue weighted by Crippen LogP contribution is 2.38. The van der Waals surface area contributed by atoms with E-state index in [2.05, 4.69) is 30.6 Å². The summed E-state index contributed by atoms with van der Waals surface area (Å²) in [5, 5.41) is 0. The number of methoxy groups -OCH3 is 2. The van der Waals surface area contributed by atoms with Crippen molar-refractivity contribution in [2.45, 2.75) is 38.7 Å². The molecule has 0 radical (unpaired) electrons. The Morgan fingerprint density at radius 3 is 2.40 bits per heavy atom. The standard InChI is InChI=1S/C16H20O4/c1-5-7-9-10-12-20-16(11-8-6-2)14(17)13(18-3)15(16)19-4/h5-7,12H2,1-4H3. The Morgan fingerprint density at radius 2 is 1.85 bits per heavy atom. The fraction of sp³-hybridized carbons (Fsp3) is 0.562. The second-order valence-electron chi connectivity index (χ2n) is 4.12. The highest BCUT2D eigenvalue weighted by molar-refractivity contribution is 6.12. The van der Waals surface area contributed by atoms with E-state index in [1.807, 2.05) is 6.92 Å². The van der Waals surface area contributed by atoms with Crippen LogP contribution < -0.4 is 0 Å². The first kappa shape index (κ1) is 16.1. The third-order valence-corrected chi connectivity index (χ3v) is 2.76. The van der Waals surface area contributed by atoms with Gasteiger partial charge in [-0.05, 0) is 6.42 Å². The van der Waals surface area contributed by atoms with Crippen molar-refractivity contribution in [1.82, 2.24) is 0 Å². The van der Waals surface area contributed by atoms with E-state index in [1.165, 1.54) is 14.2 Å². The predicted octanol–water partition coefficient (Wildman–Crippen LogP) is 2.05. The van der Waals surface area contributed by atoms with E-state index in [4.69, 9.17) is 14.2 Å². The summed E-state index contributed by atoms with van der Waals surface area (Å²) >= 11 is 0. The van der Waals surface area contributed by atoms with Crippen molar-refractivity contribution in [1.29, 1.82) is 0 Å². The normalized spacial score (nSPS) is 20.3. The Bertz CT molecular complexity index is 510. The lowest BCUT2D eigenvalue weighted by molar-refractivity contribution is -0.143. The molecule has 4 nitrogen and oxygen atoms in total. The van der Waals surface area contributed by atoms with Crippen LogP contribution in [0.4, 0.5) is 0 Å². The van der Waals surface area contributed by atoms with Crippen LogP contribution in [0.25, 0.3) is 0 Å². The number of Topliss-reactive ketones (excluding diaryl/α,β-unsaturated/α-hetero) is 1. The molecule has 0 fully saturated rings. The van der Waals surface area contributed by atoms with Gasteiger partial charge in [0, 0.05) is 12.8 Å². The molecule has 0 bridgehead atoms. The zero-order valence-corrected chi connectivity index (χ0v) is 12.5. The van der Waals surface area contributed by atoms with Crippen LogP contribution in [0, 0.1) is 23.7 Å². The predicted molar refractivity (Wildman–Crippen MR) is 75.5 cm³/mol. The molecule has 1 atom stereocenters. The summed E-state index contributed by atoms with van der Waals surface area (Å²) in [5.74, 6) is 11.7. The van der Waals surface area contributed by atoms with Gasteiger partial charge >= 0.3 is 0 Å². The molecule has 20 heavy (non-hydrogen) atoms. The molecule has 1 aliphatic rings. The molecule has 1 aliphatic carbocycles. The summed E-state index contributed by atoms with van der Waals surface area (Å²) in [6.45, 7) is 4.09. The third kappa shape index (κ3) is 2.98. The van der Waals surface area contributed by atoms with Crippen molar-refractivity contribution in [3.05, 3.63) is 11.5 Å². The van der Waals surface area contributed by atoms with Gasteiger partial charge in [0.05, 0.1) is 14.2 Å². The van der Waals surface area contributed by atoms with Gasteiger partial charge in [0.2, 0.25) is 5.76 Å². The van der Waals surface area contributed by atoms with Gasteiger partial charge in [-0.2, -0.15) is 0 Å². The minimum Gasteiger partial charge on any atom is -0.493 e. The lowest BCUT2D eigenvalue weighted by atomic mass is 9.83. The highest BCUT2D eigenvalue weighted by Gasteiger charge is 2.58. The van der Waals surface area contributed by atoms with Gasteiger partial charge in [-0.15, -0.1) is 5.92 Å². The SMILES string of the molecule is CCC#CC1(OCC#CCCC)C(=O)C(OC)=C1OC. The van der Waals surface area contributed by atoms with E-state index in [-0.39, 0.29) is 18.1 Å². The average Bonchev–Trinajstić information content (AvgIpc) is 2.47. The largest absolute Gasteiger partial charge is 0.493 e. The van der Waals surface area contributed by atoms with Crippen LogP contribution in [0.2, 0.25) is 0 Å². The first-order chi connectivity index (χ1) is 9.67. The van der Waals surface area contributed by atoms with E-state index in [0.717, 1.165) is 12.8 Å². The van der Waals surface area contributed by atoms with Crippen molar-refractivity contribution in [3.8, 4) is 23.7 Å². The molecule has 0 aromatic rings. The third-order valence-electron chi connectivity index (χ3n) is 2.76. The molecule has 0 heterocycles. The molecular formula is C16H20O4. The molecule has 108 valence electrons. The molecule has 0 aromatic carbocycles. The van der Waals surface area contributed by atoms with Gasteiger partial charge < -0.3 is 14.2 Å². The van der Waals surface area contributed by atoms with Crippen LogP contribution in [-0.2, 0) is 19.0 Å². The van der Waals surface area contributed by atoms with E-state index in [1.54, 1.807) is 0 Å². The van der Waals surface area contributed by atoms with Crippen molar-refractivity contribution in [2.24, 2.45) is 0 Å². The fourth-order valence-electron chi connectivity index (χ4n) is 1.79. The van der Waals surface area contributed by atoms with Crippen LogP contribution in [0.15, 0.2) is 11.5 Å². The number of hydrogen-bond acceptors (Lipinski definition) is 4. The molecule has 0 N–H and O–H groups in total. The van der Waals surface area contributed by atoms with Crippen LogP contribution >= 0.6 is 0 Å². The maximum atomic E-state index is 12.2. The summed E-state index contributed by atoms with van der Waals surface area (Å²) in [6.07, 6.45) is 2.42. The van der Waals surface area contributed by atoms with Gasteiger partial charge in [0.1, 0.15) is 6.61 Å².